The average molecular weight is 207 g/mol. The van der Waals surface area contributed by atoms with E-state index < -0.39 is 0 Å². The molecule has 1 aromatic rings. The zero-order valence-corrected chi connectivity index (χ0v) is 9.15. The predicted octanol–water partition coefficient (Wildman–Crippen LogP) is 1.61. The van der Waals surface area contributed by atoms with Crippen LogP contribution in [0.1, 0.15) is 36.2 Å². The quantitative estimate of drug-likeness (QED) is 0.691. The van der Waals surface area contributed by atoms with Crippen LogP contribution in [0.15, 0.2) is 6.20 Å². The van der Waals surface area contributed by atoms with Crippen molar-refractivity contribution in [3.63, 3.8) is 0 Å². The summed E-state index contributed by atoms with van der Waals surface area (Å²) in [6.07, 6.45) is 7.57. The molecule has 2 rings (SSSR count). The SMILES string of the molecule is Cn1c(C=O)cnc1N1CCCCCC1. The van der Waals surface area contributed by atoms with Crippen molar-refractivity contribution in [1.82, 2.24) is 9.55 Å². The first-order valence-corrected chi connectivity index (χ1v) is 5.55. The molecule has 0 spiro atoms. The van der Waals surface area contributed by atoms with Crippen molar-refractivity contribution in [3.8, 4) is 0 Å². The van der Waals surface area contributed by atoms with Gasteiger partial charge in [0.25, 0.3) is 0 Å². The van der Waals surface area contributed by atoms with Gasteiger partial charge in [-0.25, -0.2) is 4.98 Å². The molecular formula is C11H17N3O. The minimum atomic E-state index is 0.647. The van der Waals surface area contributed by atoms with Crippen LogP contribution >= 0.6 is 0 Å². The molecule has 1 aliphatic heterocycles. The Morgan fingerprint density at radius 2 is 1.93 bits per heavy atom. The maximum Gasteiger partial charge on any atom is 0.205 e. The van der Waals surface area contributed by atoms with Crippen molar-refractivity contribution in [1.29, 1.82) is 0 Å². The molecule has 1 fully saturated rings. The van der Waals surface area contributed by atoms with Crippen LogP contribution in [0.25, 0.3) is 0 Å². The van der Waals surface area contributed by atoms with Gasteiger partial charge in [0.15, 0.2) is 6.29 Å². The fourth-order valence-electron chi connectivity index (χ4n) is 2.09. The van der Waals surface area contributed by atoms with Crippen LogP contribution in [0.5, 0.6) is 0 Å². The Morgan fingerprint density at radius 1 is 1.27 bits per heavy atom. The molecule has 4 nitrogen and oxygen atoms in total. The summed E-state index contributed by atoms with van der Waals surface area (Å²) in [5.74, 6) is 0.930. The number of carbonyl (C=O) groups is 1. The molecule has 0 atom stereocenters. The van der Waals surface area contributed by atoms with Gasteiger partial charge in [-0.3, -0.25) is 4.79 Å². The molecule has 15 heavy (non-hydrogen) atoms. The molecule has 1 saturated heterocycles. The topological polar surface area (TPSA) is 38.1 Å². The number of aromatic nitrogens is 2. The van der Waals surface area contributed by atoms with Gasteiger partial charge in [0.05, 0.1) is 6.20 Å². The third kappa shape index (κ3) is 2.03. The lowest BCUT2D eigenvalue weighted by molar-refractivity contribution is 0.111. The van der Waals surface area contributed by atoms with Crippen LogP contribution in [0.4, 0.5) is 5.95 Å². The summed E-state index contributed by atoms with van der Waals surface area (Å²) in [6, 6.07) is 0. The summed E-state index contributed by atoms with van der Waals surface area (Å²) in [6.45, 7) is 2.12. The zero-order chi connectivity index (χ0) is 10.7. The molecule has 0 aromatic carbocycles. The van der Waals surface area contributed by atoms with Gasteiger partial charge < -0.3 is 9.47 Å². The summed E-state index contributed by atoms with van der Waals surface area (Å²) in [5.41, 5.74) is 0.647. The largest absolute Gasteiger partial charge is 0.342 e. The highest BCUT2D eigenvalue weighted by molar-refractivity contribution is 5.73. The number of aldehydes is 1. The molecule has 0 unspecified atom stereocenters. The first kappa shape index (κ1) is 10.2. The molecule has 1 aliphatic rings. The van der Waals surface area contributed by atoms with Crippen LogP contribution in [-0.2, 0) is 7.05 Å². The van der Waals surface area contributed by atoms with Gasteiger partial charge in [-0.2, -0.15) is 0 Å². The van der Waals surface area contributed by atoms with Gasteiger partial charge in [0.1, 0.15) is 5.69 Å². The minimum Gasteiger partial charge on any atom is -0.342 e. The van der Waals surface area contributed by atoms with E-state index in [2.05, 4.69) is 9.88 Å². The number of imidazole rings is 1. The molecule has 82 valence electrons. The van der Waals surface area contributed by atoms with Crippen LogP contribution in [0, 0.1) is 0 Å². The number of rotatable bonds is 2. The van der Waals surface area contributed by atoms with Crippen molar-refractivity contribution >= 4 is 12.2 Å². The first-order chi connectivity index (χ1) is 7.33. The second-order valence-electron chi connectivity index (χ2n) is 4.06. The Labute approximate surface area is 89.9 Å². The molecule has 4 heteroatoms. The number of carbonyl (C=O) groups excluding carboxylic acids is 1. The minimum absolute atomic E-state index is 0.647. The molecule has 0 radical (unpaired) electrons. The van der Waals surface area contributed by atoms with E-state index in [1.54, 1.807) is 6.20 Å². The molecule has 0 amide bonds. The van der Waals surface area contributed by atoms with Gasteiger partial charge in [0.2, 0.25) is 5.95 Å². The summed E-state index contributed by atoms with van der Waals surface area (Å²) >= 11 is 0. The van der Waals surface area contributed by atoms with Gasteiger partial charge in [-0.15, -0.1) is 0 Å². The van der Waals surface area contributed by atoms with Crippen LogP contribution in [0.3, 0.4) is 0 Å². The van der Waals surface area contributed by atoms with Crippen molar-refractivity contribution in [2.45, 2.75) is 25.7 Å². The lowest BCUT2D eigenvalue weighted by Crippen LogP contribution is -2.26. The monoisotopic (exact) mass is 207 g/mol. The Morgan fingerprint density at radius 3 is 2.47 bits per heavy atom. The summed E-state index contributed by atoms with van der Waals surface area (Å²) in [4.78, 5) is 17.3. The first-order valence-electron chi connectivity index (χ1n) is 5.55. The fraction of sp³-hybridized carbons (Fsp3) is 0.636. The highest BCUT2D eigenvalue weighted by Gasteiger charge is 2.15. The van der Waals surface area contributed by atoms with Gasteiger partial charge >= 0.3 is 0 Å². The third-order valence-electron chi connectivity index (χ3n) is 3.01. The van der Waals surface area contributed by atoms with E-state index >= 15 is 0 Å². The number of hydrogen-bond donors (Lipinski definition) is 0. The Kier molecular flexibility index (Phi) is 3.04. The van der Waals surface area contributed by atoms with E-state index in [0.717, 1.165) is 25.3 Å². The third-order valence-corrected chi connectivity index (χ3v) is 3.01. The lowest BCUT2D eigenvalue weighted by atomic mass is 10.2. The fourth-order valence-corrected chi connectivity index (χ4v) is 2.09. The lowest BCUT2D eigenvalue weighted by Gasteiger charge is -2.21. The van der Waals surface area contributed by atoms with Crippen LogP contribution in [0.2, 0.25) is 0 Å². The predicted molar refractivity (Wildman–Crippen MR) is 59.3 cm³/mol. The van der Waals surface area contributed by atoms with E-state index in [4.69, 9.17) is 0 Å². The van der Waals surface area contributed by atoms with E-state index in [0.29, 0.717) is 5.69 Å². The van der Waals surface area contributed by atoms with E-state index in [9.17, 15) is 4.79 Å². The highest BCUT2D eigenvalue weighted by atomic mass is 16.1. The van der Waals surface area contributed by atoms with Gasteiger partial charge in [-0.05, 0) is 12.8 Å². The molecule has 2 heterocycles. The van der Waals surface area contributed by atoms with Gasteiger partial charge in [0, 0.05) is 20.1 Å². The molecule has 0 bridgehead atoms. The zero-order valence-electron chi connectivity index (χ0n) is 9.15. The number of anilines is 1. The van der Waals surface area contributed by atoms with Gasteiger partial charge in [-0.1, -0.05) is 12.8 Å². The van der Waals surface area contributed by atoms with Crippen LogP contribution < -0.4 is 4.90 Å². The molecule has 0 saturated carbocycles. The van der Waals surface area contributed by atoms with Crippen LogP contribution in [-0.4, -0.2) is 28.9 Å². The maximum absolute atomic E-state index is 10.7. The average Bonchev–Trinajstić information content (AvgIpc) is 2.49. The van der Waals surface area contributed by atoms with E-state index in [1.807, 2.05) is 11.6 Å². The van der Waals surface area contributed by atoms with Crippen molar-refractivity contribution in [2.75, 3.05) is 18.0 Å². The maximum atomic E-state index is 10.7. The van der Waals surface area contributed by atoms with E-state index in [-0.39, 0.29) is 0 Å². The summed E-state index contributed by atoms with van der Waals surface area (Å²) in [5, 5.41) is 0. The molecule has 1 aromatic heterocycles. The second-order valence-corrected chi connectivity index (χ2v) is 4.06. The van der Waals surface area contributed by atoms with Crippen molar-refractivity contribution < 1.29 is 4.79 Å². The Balaban J connectivity index is 2.19. The normalized spacial score (nSPS) is 17.5. The molecular weight excluding hydrogens is 190 g/mol. The molecule has 0 aliphatic carbocycles. The van der Waals surface area contributed by atoms with Crippen molar-refractivity contribution in [2.24, 2.45) is 7.05 Å². The number of hydrogen-bond acceptors (Lipinski definition) is 3. The molecule has 0 N–H and O–H groups in total. The Hall–Kier alpha value is -1.32. The summed E-state index contributed by atoms with van der Waals surface area (Å²) in [7, 11) is 1.90. The smallest absolute Gasteiger partial charge is 0.205 e. The second kappa shape index (κ2) is 4.47. The van der Waals surface area contributed by atoms with E-state index in [1.165, 1.54) is 25.7 Å². The number of nitrogens with zero attached hydrogens (tertiary/aromatic N) is 3. The Bertz CT molecular complexity index is 338. The summed E-state index contributed by atoms with van der Waals surface area (Å²) < 4.78 is 1.87. The van der Waals surface area contributed by atoms with Crippen molar-refractivity contribution in [3.05, 3.63) is 11.9 Å². The standard InChI is InChI=1S/C11H17N3O/c1-13-10(9-15)8-12-11(13)14-6-4-2-3-5-7-14/h8-9H,2-7H2,1H3. The highest BCUT2D eigenvalue weighted by Crippen LogP contribution is 2.18.